The van der Waals surface area contributed by atoms with Crippen molar-refractivity contribution in [1.29, 1.82) is 0 Å². The molecule has 0 bridgehead atoms. The zero-order chi connectivity index (χ0) is 12.7. The molecule has 1 N–H and O–H groups in total. The maximum Gasteiger partial charge on any atom is 0.200 e. The summed E-state index contributed by atoms with van der Waals surface area (Å²) < 4.78 is 2.28. The summed E-state index contributed by atoms with van der Waals surface area (Å²) in [4.78, 5) is 12.3. The first kappa shape index (κ1) is 10.5. The Bertz CT molecular complexity index is 789. The lowest BCUT2D eigenvalue weighted by Gasteiger charge is -2.06. The van der Waals surface area contributed by atoms with Crippen LogP contribution >= 0.6 is 0 Å². The van der Waals surface area contributed by atoms with Crippen LogP contribution < -0.4 is 5.43 Å². The second-order valence-corrected chi connectivity index (χ2v) is 3.86. The molecule has 90 valence electrons. The molecule has 0 atom stereocenters. The van der Waals surface area contributed by atoms with E-state index < -0.39 is 0 Å². The van der Waals surface area contributed by atoms with Gasteiger partial charge in [-0.15, -0.1) is 5.10 Å². The maximum absolute atomic E-state index is 12.3. The van der Waals surface area contributed by atoms with Crippen molar-refractivity contribution in [2.24, 2.45) is 7.05 Å². The van der Waals surface area contributed by atoms with Crippen LogP contribution in [0.2, 0.25) is 0 Å². The van der Waals surface area contributed by atoms with Gasteiger partial charge in [0.15, 0.2) is 5.82 Å². The first-order valence-electron chi connectivity index (χ1n) is 5.25. The van der Waals surface area contributed by atoms with E-state index in [-0.39, 0.29) is 11.0 Å². The zero-order valence-corrected chi connectivity index (χ0v) is 9.48. The predicted octanol–water partition coefficient (Wildman–Crippen LogP) is 0.429. The summed E-state index contributed by atoms with van der Waals surface area (Å²) in [6, 6.07) is 6.80. The van der Waals surface area contributed by atoms with E-state index in [0.717, 1.165) is 4.73 Å². The number of rotatable bonds is 1. The van der Waals surface area contributed by atoms with E-state index in [0.29, 0.717) is 16.7 Å². The molecule has 7 nitrogen and oxygen atoms in total. The molecule has 1 aromatic carbocycles. The Balaban J connectivity index is 2.43. The predicted molar refractivity (Wildman–Crippen MR) is 63.2 cm³/mol. The van der Waals surface area contributed by atoms with Crippen LogP contribution in [0.25, 0.3) is 22.3 Å². The lowest BCUT2D eigenvalue weighted by Crippen LogP contribution is -2.13. The van der Waals surface area contributed by atoms with Gasteiger partial charge < -0.3 is 5.21 Å². The molecule has 0 spiro atoms. The minimum Gasteiger partial charge on any atom is -0.428 e. The lowest BCUT2D eigenvalue weighted by atomic mass is 10.1. The van der Waals surface area contributed by atoms with Crippen molar-refractivity contribution < 1.29 is 5.21 Å². The molecule has 3 rings (SSSR count). The van der Waals surface area contributed by atoms with Gasteiger partial charge in [0.05, 0.1) is 17.3 Å². The normalized spacial score (nSPS) is 10.9. The van der Waals surface area contributed by atoms with Gasteiger partial charge in [0, 0.05) is 12.4 Å². The molecule has 0 saturated heterocycles. The van der Waals surface area contributed by atoms with Crippen molar-refractivity contribution in [3.8, 4) is 11.4 Å². The Morgan fingerprint density at radius 2 is 2.06 bits per heavy atom. The molecule has 0 radical (unpaired) electrons. The summed E-state index contributed by atoms with van der Waals surface area (Å²) in [5, 5.41) is 21.2. The van der Waals surface area contributed by atoms with Crippen molar-refractivity contribution in [3.63, 3.8) is 0 Å². The Hall–Kier alpha value is -2.70. The molecule has 0 saturated carbocycles. The molecule has 0 fully saturated rings. The van der Waals surface area contributed by atoms with Gasteiger partial charge >= 0.3 is 0 Å². The number of benzene rings is 1. The molecule has 0 unspecified atom stereocenters. The highest BCUT2D eigenvalue weighted by Crippen LogP contribution is 2.15. The molecule has 18 heavy (non-hydrogen) atoms. The number of tetrazole rings is 1. The molecule has 2 heterocycles. The minimum absolute atomic E-state index is 0.214. The molecule has 2 aromatic heterocycles. The van der Waals surface area contributed by atoms with Crippen LogP contribution in [0.1, 0.15) is 0 Å². The van der Waals surface area contributed by atoms with Crippen LogP contribution in [0.5, 0.6) is 0 Å². The van der Waals surface area contributed by atoms with Gasteiger partial charge in [-0.3, -0.25) is 4.79 Å². The van der Waals surface area contributed by atoms with E-state index in [1.807, 2.05) is 0 Å². The molecule has 3 aromatic rings. The summed E-state index contributed by atoms with van der Waals surface area (Å²) >= 11 is 0. The average Bonchev–Trinajstić information content (AvgIpc) is 2.80. The summed E-state index contributed by atoms with van der Waals surface area (Å²) in [5.41, 5.74) is 0.485. The Morgan fingerprint density at radius 1 is 1.28 bits per heavy atom. The van der Waals surface area contributed by atoms with Gasteiger partial charge in [0.25, 0.3) is 0 Å². The lowest BCUT2D eigenvalue weighted by molar-refractivity contribution is 0.198. The summed E-state index contributed by atoms with van der Waals surface area (Å²) in [5.74, 6) is 0.313. The fraction of sp³-hybridized carbons (Fsp3) is 0.0909. The largest absolute Gasteiger partial charge is 0.428 e. The Morgan fingerprint density at radius 3 is 2.78 bits per heavy atom. The summed E-state index contributed by atoms with van der Waals surface area (Å²) in [6.45, 7) is 0. The van der Waals surface area contributed by atoms with E-state index >= 15 is 0 Å². The number of aryl methyl sites for hydroxylation is 1. The van der Waals surface area contributed by atoms with Crippen molar-refractivity contribution in [3.05, 3.63) is 40.7 Å². The third kappa shape index (κ3) is 1.37. The van der Waals surface area contributed by atoms with Crippen LogP contribution in [0.15, 0.2) is 35.3 Å². The van der Waals surface area contributed by atoms with Gasteiger partial charge in [0.2, 0.25) is 5.43 Å². The Labute approximate surface area is 101 Å². The minimum atomic E-state index is -0.214. The summed E-state index contributed by atoms with van der Waals surface area (Å²) in [6.07, 6.45) is 1.32. The Kier molecular flexibility index (Phi) is 2.12. The number of pyridine rings is 1. The van der Waals surface area contributed by atoms with Gasteiger partial charge in [-0.05, 0) is 22.6 Å². The molecule has 0 aliphatic rings. The monoisotopic (exact) mass is 243 g/mol. The van der Waals surface area contributed by atoms with E-state index in [2.05, 4.69) is 15.5 Å². The number of para-hydroxylation sites is 1. The fourth-order valence-electron chi connectivity index (χ4n) is 1.88. The van der Waals surface area contributed by atoms with Crippen molar-refractivity contribution in [2.45, 2.75) is 0 Å². The zero-order valence-electron chi connectivity index (χ0n) is 9.48. The van der Waals surface area contributed by atoms with Gasteiger partial charge in [-0.2, -0.15) is 4.73 Å². The van der Waals surface area contributed by atoms with E-state index in [1.54, 1.807) is 31.3 Å². The quantitative estimate of drug-likeness (QED) is 0.626. The number of nitrogens with zero attached hydrogens (tertiary/aromatic N) is 5. The van der Waals surface area contributed by atoms with E-state index in [9.17, 15) is 10.0 Å². The van der Waals surface area contributed by atoms with E-state index in [4.69, 9.17) is 0 Å². The topological polar surface area (TPSA) is 85.8 Å². The SMILES string of the molecule is Cn1nnnc1-c1cn(O)c2ccccc2c1=O. The highest BCUT2D eigenvalue weighted by Gasteiger charge is 2.14. The van der Waals surface area contributed by atoms with Crippen molar-refractivity contribution in [2.75, 3.05) is 0 Å². The second kappa shape index (κ2) is 3.66. The maximum atomic E-state index is 12.3. The van der Waals surface area contributed by atoms with Crippen molar-refractivity contribution in [1.82, 2.24) is 24.9 Å². The molecule has 0 aliphatic heterocycles. The third-order valence-corrected chi connectivity index (χ3v) is 2.75. The molecular formula is C11H9N5O2. The van der Waals surface area contributed by atoms with Gasteiger partial charge in [0.1, 0.15) is 0 Å². The highest BCUT2D eigenvalue weighted by molar-refractivity contribution is 5.82. The smallest absolute Gasteiger partial charge is 0.200 e. The number of aromatic nitrogens is 5. The fourth-order valence-corrected chi connectivity index (χ4v) is 1.88. The number of fused-ring (bicyclic) bond motifs is 1. The third-order valence-electron chi connectivity index (χ3n) is 2.75. The highest BCUT2D eigenvalue weighted by atomic mass is 16.5. The van der Waals surface area contributed by atoms with Crippen LogP contribution in [-0.2, 0) is 7.05 Å². The van der Waals surface area contributed by atoms with Crippen LogP contribution in [0.3, 0.4) is 0 Å². The van der Waals surface area contributed by atoms with Crippen LogP contribution in [0, 0.1) is 0 Å². The van der Waals surface area contributed by atoms with Gasteiger partial charge in [-0.1, -0.05) is 12.1 Å². The first-order chi connectivity index (χ1) is 8.68. The average molecular weight is 243 g/mol. The van der Waals surface area contributed by atoms with E-state index in [1.165, 1.54) is 10.9 Å². The second-order valence-electron chi connectivity index (χ2n) is 3.86. The van der Waals surface area contributed by atoms with Crippen molar-refractivity contribution >= 4 is 10.9 Å². The molecular weight excluding hydrogens is 234 g/mol. The molecule has 7 heteroatoms. The van der Waals surface area contributed by atoms with Gasteiger partial charge in [-0.25, -0.2) is 4.68 Å². The molecule has 0 aliphatic carbocycles. The molecule has 0 amide bonds. The standard InChI is InChI=1S/C11H9N5O2/c1-15-11(12-13-14-15)8-6-16(18)9-5-3-2-4-7(9)10(8)17/h2-6,18H,1H3. The first-order valence-corrected chi connectivity index (χ1v) is 5.25. The number of hydrogen-bond acceptors (Lipinski definition) is 5. The number of hydrogen-bond donors (Lipinski definition) is 1. The van der Waals surface area contributed by atoms with Crippen LogP contribution in [-0.4, -0.2) is 30.1 Å². The van der Waals surface area contributed by atoms with Crippen LogP contribution in [0.4, 0.5) is 0 Å². The summed E-state index contributed by atoms with van der Waals surface area (Å²) in [7, 11) is 1.63.